The number of phenolic OH excluding ortho intramolecular Hbond substituents is 1. The quantitative estimate of drug-likeness (QED) is 0.288. The first-order valence-electron chi connectivity index (χ1n) is 14.4. The molecule has 8 nitrogen and oxygen atoms in total. The number of nitrogens with one attached hydrogen (secondary N) is 2. The minimum absolute atomic E-state index is 0.0553. The molecule has 0 aliphatic carbocycles. The molecule has 226 valence electrons. The highest BCUT2D eigenvalue weighted by Gasteiger charge is 2.44. The molecular formula is C33H49N3O5. The molecular weight excluding hydrogens is 518 g/mol. The van der Waals surface area contributed by atoms with Gasteiger partial charge in [0.05, 0.1) is 0 Å². The lowest BCUT2D eigenvalue weighted by molar-refractivity contribution is -0.148. The van der Waals surface area contributed by atoms with Crippen LogP contribution in [-0.2, 0) is 14.3 Å². The number of para-hydroxylation sites is 2. The molecule has 0 saturated carbocycles. The molecule has 0 saturated heterocycles. The van der Waals surface area contributed by atoms with Gasteiger partial charge in [-0.1, -0.05) is 57.2 Å². The van der Waals surface area contributed by atoms with Gasteiger partial charge < -0.3 is 25.4 Å². The highest BCUT2D eigenvalue weighted by Crippen LogP contribution is 2.38. The number of phenols is 1. The Morgan fingerprint density at radius 3 is 1.98 bits per heavy atom. The van der Waals surface area contributed by atoms with Crippen LogP contribution in [0.25, 0.3) is 0 Å². The van der Waals surface area contributed by atoms with E-state index in [4.69, 9.17) is 4.74 Å². The van der Waals surface area contributed by atoms with E-state index in [2.05, 4.69) is 10.6 Å². The third-order valence-corrected chi connectivity index (χ3v) is 7.25. The Morgan fingerprint density at radius 1 is 0.927 bits per heavy atom. The second-order valence-corrected chi connectivity index (χ2v) is 12.9. The highest BCUT2D eigenvalue weighted by molar-refractivity contribution is 6.00. The topological polar surface area (TPSA) is 108 Å². The molecule has 2 aromatic carbocycles. The molecule has 0 aromatic heterocycles. The number of hydrogen-bond donors (Lipinski definition) is 3. The summed E-state index contributed by atoms with van der Waals surface area (Å²) in [4.78, 5) is 43.3. The maximum atomic E-state index is 14.6. The van der Waals surface area contributed by atoms with E-state index in [0.717, 1.165) is 11.1 Å². The largest absolute Gasteiger partial charge is 0.507 e. The number of amides is 3. The Balaban J connectivity index is 2.75. The lowest BCUT2D eigenvalue weighted by Crippen LogP contribution is -2.59. The van der Waals surface area contributed by atoms with Crippen LogP contribution in [0.2, 0.25) is 0 Å². The van der Waals surface area contributed by atoms with Gasteiger partial charge in [-0.2, -0.15) is 0 Å². The van der Waals surface area contributed by atoms with Gasteiger partial charge in [-0.25, -0.2) is 4.79 Å². The molecule has 2 aromatic rings. The summed E-state index contributed by atoms with van der Waals surface area (Å²) >= 11 is 0. The molecule has 0 aliphatic heterocycles. The smallest absolute Gasteiger partial charge is 0.408 e. The minimum Gasteiger partial charge on any atom is -0.507 e. The molecule has 0 spiro atoms. The molecule has 0 fully saturated rings. The fourth-order valence-corrected chi connectivity index (χ4v) is 4.76. The first-order chi connectivity index (χ1) is 18.9. The summed E-state index contributed by atoms with van der Waals surface area (Å²) in [5.41, 5.74) is 1.72. The number of carbonyl (C=O) groups is 3. The zero-order chi connectivity index (χ0) is 31.3. The van der Waals surface area contributed by atoms with Crippen molar-refractivity contribution in [3.05, 3.63) is 58.7 Å². The van der Waals surface area contributed by atoms with E-state index in [1.54, 1.807) is 45.9 Å². The lowest BCUT2D eigenvalue weighted by Gasteiger charge is -2.45. The molecule has 0 radical (unpaired) electrons. The van der Waals surface area contributed by atoms with Gasteiger partial charge in [0.25, 0.3) is 5.91 Å². The van der Waals surface area contributed by atoms with Crippen molar-refractivity contribution in [1.29, 1.82) is 0 Å². The number of nitrogens with zero attached hydrogens (tertiary/aromatic N) is 1. The van der Waals surface area contributed by atoms with Crippen molar-refractivity contribution >= 4 is 23.6 Å². The van der Waals surface area contributed by atoms with Gasteiger partial charge in [0, 0.05) is 16.8 Å². The average molecular weight is 568 g/mol. The first kappa shape index (κ1) is 33.7. The molecule has 0 bridgehead atoms. The van der Waals surface area contributed by atoms with Crippen LogP contribution in [0.4, 0.5) is 10.5 Å². The average Bonchev–Trinajstić information content (AvgIpc) is 2.84. The molecule has 2 rings (SSSR count). The van der Waals surface area contributed by atoms with Crippen molar-refractivity contribution in [1.82, 2.24) is 10.2 Å². The summed E-state index contributed by atoms with van der Waals surface area (Å²) in [5.74, 6) is -0.892. The van der Waals surface area contributed by atoms with Crippen LogP contribution in [0.5, 0.6) is 5.75 Å². The van der Waals surface area contributed by atoms with Crippen molar-refractivity contribution in [2.75, 3.05) is 5.32 Å². The van der Waals surface area contributed by atoms with Crippen LogP contribution >= 0.6 is 0 Å². The molecule has 8 heteroatoms. The van der Waals surface area contributed by atoms with Crippen molar-refractivity contribution in [3.63, 3.8) is 0 Å². The maximum absolute atomic E-state index is 14.6. The maximum Gasteiger partial charge on any atom is 0.408 e. The number of benzene rings is 2. The third-order valence-electron chi connectivity index (χ3n) is 7.25. The molecule has 0 aliphatic rings. The predicted molar refractivity (Wildman–Crippen MR) is 164 cm³/mol. The number of hydrogen-bond acceptors (Lipinski definition) is 5. The molecule has 41 heavy (non-hydrogen) atoms. The minimum atomic E-state index is -1.19. The summed E-state index contributed by atoms with van der Waals surface area (Å²) < 4.78 is 5.48. The van der Waals surface area contributed by atoms with Crippen molar-refractivity contribution in [2.24, 2.45) is 5.92 Å². The first-order valence-corrected chi connectivity index (χ1v) is 14.4. The number of alkyl carbamates (subject to hydrolysis) is 1. The number of anilines is 1. The number of ether oxygens (including phenoxy) is 1. The van der Waals surface area contributed by atoms with Crippen LogP contribution in [0.1, 0.15) is 96.5 Å². The normalized spacial score (nSPS) is 13.4. The van der Waals surface area contributed by atoms with Gasteiger partial charge in [0.15, 0.2) is 0 Å². The number of rotatable bonds is 10. The van der Waals surface area contributed by atoms with Crippen LogP contribution in [0.15, 0.2) is 36.4 Å². The number of aromatic hydroxyl groups is 1. The van der Waals surface area contributed by atoms with Gasteiger partial charge in [-0.05, 0) is 90.8 Å². The summed E-state index contributed by atoms with van der Waals surface area (Å²) in [7, 11) is 0. The van der Waals surface area contributed by atoms with Crippen molar-refractivity contribution in [2.45, 2.75) is 112 Å². The summed E-state index contributed by atoms with van der Waals surface area (Å²) in [5, 5.41) is 17.0. The molecule has 2 atom stereocenters. The number of aryl methyl sites for hydroxylation is 3. The lowest BCUT2D eigenvalue weighted by atomic mass is 9.90. The van der Waals surface area contributed by atoms with Gasteiger partial charge in [0.1, 0.15) is 23.4 Å². The monoisotopic (exact) mass is 567 g/mol. The Kier molecular flexibility index (Phi) is 11.0. The van der Waals surface area contributed by atoms with Gasteiger partial charge in [0.2, 0.25) is 5.91 Å². The van der Waals surface area contributed by atoms with E-state index >= 15 is 0 Å². The Hall–Kier alpha value is -3.55. The fourth-order valence-electron chi connectivity index (χ4n) is 4.76. The van der Waals surface area contributed by atoms with E-state index in [-0.39, 0.29) is 11.7 Å². The number of carbonyl (C=O) groups excluding carboxylic acids is 3. The van der Waals surface area contributed by atoms with Gasteiger partial charge >= 0.3 is 6.09 Å². The summed E-state index contributed by atoms with van der Waals surface area (Å²) in [6.45, 7) is 20.5. The Labute approximate surface area is 245 Å². The zero-order valence-corrected chi connectivity index (χ0v) is 26.6. The Morgan fingerprint density at radius 2 is 1.46 bits per heavy atom. The van der Waals surface area contributed by atoms with E-state index in [1.165, 1.54) is 4.90 Å². The van der Waals surface area contributed by atoms with Crippen molar-refractivity contribution < 1.29 is 24.2 Å². The molecule has 3 amide bonds. The van der Waals surface area contributed by atoms with E-state index < -0.39 is 41.1 Å². The summed E-state index contributed by atoms with van der Waals surface area (Å²) in [6, 6.07) is 8.76. The molecule has 3 N–H and O–H groups in total. The SMILES string of the molecule is CCC(C)(C)N(C(=O)C(CC(C)C)NC(=O)OC(C)(C)C)C(C(=O)Nc1c(C)cccc1C)c1cccc(C)c1O. The standard InChI is InChI=1S/C33H49N3O5/c1-12-33(10,11)36(30(39)25(19-20(2)3)34-31(40)41-32(7,8)9)27(24-18-14-17-23(6)28(24)37)29(38)35-26-21(4)15-13-16-22(26)5/h13-18,20,25,27,37H,12,19H2,1-11H3,(H,34,40)(H,35,38). The zero-order valence-electron chi connectivity index (χ0n) is 26.6. The van der Waals surface area contributed by atoms with Crippen LogP contribution in [-0.4, -0.2) is 45.1 Å². The second kappa shape index (κ2) is 13.4. The van der Waals surface area contributed by atoms with Crippen LogP contribution in [0.3, 0.4) is 0 Å². The third kappa shape index (κ3) is 8.72. The molecule has 2 unspecified atom stereocenters. The van der Waals surface area contributed by atoms with E-state index in [1.807, 2.05) is 66.7 Å². The van der Waals surface area contributed by atoms with Gasteiger partial charge in [-0.15, -0.1) is 0 Å². The van der Waals surface area contributed by atoms with E-state index in [0.29, 0.717) is 29.7 Å². The van der Waals surface area contributed by atoms with Gasteiger partial charge in [-0.3, -0.25) is 9.59 Å². The fraction of sp³-hybridized carbons (Fsp3) is 0.545. The van der Waals surface area contributed by atoms with Crippen molar-refractivity contribution in [3.8, 4) is 5.75 Å². The van der Waals surface area contributed by atoms with Crippen LogP contribution < -0.4 is 10.6 Å². The second-order valence-electron chi connectivity index (χ2n) is 12.9. The molecule has 0 heterocycles. The van der Waals surface area contributed by atoms with Crippen LogP contribution in [0, 0.1) is 26.7 Å². The predicted octanol–water partition coefficient (Wildman–Crippen LogP) is 6.95. The van der Waals surface area contributed by atoms with E-state index in [9.17, 15) is 19.5 Å². The Bertz CT molecular complexity index is 1230. The summed E-state index contributed by atoms with van der Waals surface area (Å²) in [6.07, 6.45) is 0.138. The highest BCUT2D eigenvalue weighted by atomic mass is 16.6.